The molecule has 0 spiro atoms. The molecule has 0 saturated carbocycles. The molecule has 0 N–H and O–H groups in total. The third-order valence-corrected chi connectivity index (χ3v) is 6.20. The quantitative estimate of drug-likeness (QED) is 0.488. The number of rotatable bonds is 8. The van der Waals surface area contributed by atoms with Gasteiger partial charge in [0.1, 0.15) is 28.9 Å². The van der Waals surface area contributed by atoms with Crippen LogP contribution in [0.25, 0.3) is 11.0 Å². The highest BCUT2D eigenvalue weighted by Gasteiger charge is 2.25. The Morgan fingerprint density at radius 1 is 1.07 bits per heavy atom. The van der Waals surface area contributed by atoms with Crippen LogP contribution in [0.3, 0.4) is 0 Å². The average molecular weight is 411 g/mol. The molecule has 3 rings (SSSR count). The zero-order chi connectivity index (χ0) is 19.2. The summed E-state index contributed by atoms with van der Waals surface area (Å²) in [5, 5.41) is 0.200. The predicted octanol–water partition coefficient (Wildman–Crippen LogP) is 3.05. The lowest BCUT2D eigenvalue weighted by Crippen LogP contribution is -2.41. The van der Waals surface area contributed by atoms with Crippen molar-refractivity contribution in [2.75, 3.05) is 47.5 Å². The first kappa shape index (κ1) is 20.4. The van der Waals surface area contributed by atoms with Crippen molar-refractivity contribution in [1.82, 2.24) is 19.9 Å². The summed E-state index contributed by atoms with van der Waals surface area (Å²) < 4.78 is 11.7. The molecular weight excluding hydrogens is 384 g/mol. The van der Waals surface area contributed by atoms with E-state index in [0.29, 0.717) is 30.1 Å². The van der Waals surface area contributed by atoms with Gasteiger partial charge in [-0.15, -0.1) is 0 Å². The second-order valence-electron chi connectivity index (χ2n) is 6.74. The van der Waals surface area contributed by atoms with Crippen molar-refractivity contribution in [3.8, 4) is 0 Å². The number of halogens is 1. The lowest BCUT2D eigenvalue weighted by molar-refractivity contribution is 0.585. The monoisotopic (exact) mass is 410 g/mol. The highest BCUT2D eigenvalue weighted by molar-refractivity contribution is 7.91. The van der Waals surface area contributed by atoms with Crippen molar-refractivity contribution in [1.29, 1.82) is 0 Å². The van der Waals surface area contributed by atoms with Gasteiger partial charge < -0.3 is 14.4 Å². The molecule has 0 radical (unpaired) electrons. The molecule has 2 aromatic rings. The van der Waals surface area contributed by atoms with Gasteiger partial charge in [0, 0.05) is 13.1 Å². The van der Waals surface area contributed by atoms with Gasteiger partial charge in [0.25, 0.3) is 0 Å². The van der Waals surface area contributed by atoms with Crippen molar-refractivity contribution < 1.29 is 4.55 Å². The fourth-order valence-corrected chi connectivity index (χ4v) is 4.43. The molecular formula is C18H27ClN6OS. The van der Waals surface area contributed by atoms with Gasteiger partial charge in [-0.2, -0.15) is 4.98 Å². The minimum absolute atomic E-state index is 0.200. The predicted molar refractivity (Wildman–Crippen MR) is 112 cm³/mol. The van der Waals surface area contributed by atoms with Crippen molar-refractivity contribution >= 4 is 45.4 Å². The molecule has 1 saturated heterocycles. The van der Waals surface area contributed by atoms with E-state index in [1.807, 2.05) is 0 Å². The third-order valence-electron chi connectivity index (χ3n) is 4.76. The van der Waals surface area contributed by atoms with E-state index in [1.165, 1.54) is 0 Å². The second-order valence-corrected chi connectivity index (χ2v) is 8.77. The summed E-state index contributed by atoms with van der Waals surface area (Å²) in [7, 11) is 0. The number of fused-ring (bicyclic) bond motifs is 1. The molecule has 0 amide bonds. The standard InChI is InChI=1S/C18H27ClN6OS/c1-3-5-7-24(8-6-4-2)16-15-14(20-13-21-16)17(23-18(19)22-15)25-9-11-27(26)12-10-25/h13H,3-12H2,1-2H3. The number of unbranched alkanes of at least 4 members (excludes halogenated alkanes) is 2. The lowest BCUT2D eigenvalue weighted by Gasteiger charge is -2.30. The van der Waals surface area contributed by atoms with Gasteiger partial charge in [-0.05, 0) is 24.4 Å². The summed E-state index contributed by atoms with van der Waals surface area (Å²) >= 11 is 5.52. The minimum atomic E-state index is -0.752. The SMILES string of the molecule is CCCCN(CCCC)c1ncnc2c(N3CC[S+]([O-])CC3)nc(Cl)nc12. The first-order valence-electron chi connectivity index (χ1n) is 9.67. The molecule has 0 unspecified atom stereocenters. The minimum Gasteiger partial charge on any atom is -0.616 e. The van der Waals surface area contributed by atoms with Crippen LogP contribution in [0, 0.1) is 0 Å². The summed E-state index contributed by atoms with van der Waals surface area (Å²) in [5.74, 6) is 2.82. The van der Waals surface area contributed by atoms with Gasteiger partial charge >= 0.3 is 0 Å². The van der Waals surface area contributed by atoms with Crippen LogP contribution in [0.5, 0.6) is 0 Å². The van der Waals surface area contributed by atoms with Crippen molar-refractivity contribution in [2.45, 2.75) is 39.5 Å². The van der Waals surface area contributed by atoms with E-state index >= 15 is 0 Å². The topological polar surface area (TPSA) is 81.1 Å². The van der Waals surface area contributed by atoms with Crippen LogP contribution < -0.4 is 9.80 Å². The Morgan fingerprint density at radius 2 is 1.74 bits per heavy atom. The number of hydrogen-bond acceptors (Lipinski definition) is 7. The molecule has 9 heteroatoms. The van der Waals surface area contributed by atoms with E-state index < -0.39 is 11.2 Å². The largest absolute Gasteiger partial charge is 0.616 e. The molecule has 27 heavy (non-hydrogen) atoms. The summed E-state index contributed by atoms with van der Waals surface area (Å²) in [6.45, 7) is 7.61. The Bertz CT molecular complexity index is 748. The van der Waals surface area contributed by atoms with Gasteiger partial charge in [0.15, 0.2) is 11.6 Å². The molecule has 0 aliphatic carbocycles. The molecule has 0 atom stereocenters. The maximum atomic E-state index is 11.7. The van der Waals surface area contributed by atoms with Gasteiger partial charge in [-0.3, -0.25) is 0 Å². The molecule has 148 valence electrons. The summed E-state index contributed by atoms with van der Waals surface area (Å²) in [4.78, 5) is 22.4. The molecule has 1 aliphatic heterocycles. The van der Waals surface area contributed by atoms with Crippen LogP contribution in [0.4, 0.5) is 11.6 Å². The number of hydrogen-bond donors (Lipinski definition) is 0. The highest BCUT2D eigenvalue weighted by Crippen LogP contribution is 2.30. The fraction of sp³-hybridized carbons (Fsp3) is 0.667. The Kier molecular flexibility index (Phi) is 7.32. The maximum absolute atomic E-state index is 11.7. The smallest absolute Gasteiger partial charge is 0.225 e. The number of anilines is 2. The Labute approximate surface area is 168 Å². The van der Waals surface area contributed by atoms with Crippen LogP contribution in [-0.2, 0) is 11.2 Å². The van der Waals surface area contributed by atoms with Crippen molar-refractivity contribution in [3.05, 3.63) is 11.6 Å². The van der Waals surface area contributed by atoms with Crippen LogP contribution in [0.15, 0.2) is 6.33 Å². The zero-order valence-electron chi connectivity index (χ0n) is 16.0. The number of nitrogens with zero attached hydrogens (tertiary/aromatic N) is 6. The molecule has 2 aromatic heterocycles. The summed E-state index contributed by atoms with van der Waals surface area (Å²) in [6, 6.07) is 0. The molecule has 0 aromatic carbocycles. The van der Waals surface area contributed by atoms with Gasteiger partial charge in [-0.25, -0.2) is 15.0 Å². The van der Waals surface area contributed by atoms with Crippen molar-refractivity contribution in [3.63, 3.8) is 0 Å². The molecule has 3 heterocycles. The fourth-order valence-electron chi connectivity index (χ4n) is 3.22. The Balaban J connectivity index is 2.01. The van der Waals surface area contributed by atoms with E-state index in [0.717, 1.165) is 55.9 Å². The summed E-state index contributed by atoms with van der Waals surface area (Å²) in [5.41, 5.74) is 1.42. The molecule has 1 aliphatic rings. The first-order valence-corrected chi connectivity index (χ1v) is 11.5. The van der Waals surface area contributed by atoms with Crippen LogP contribution in [-0.4, -0.2) is 62.2 Å². The molecule has 0 bridgehead atoms. The van der Waals surface area contributed by atoms with Crippen molar-refractivity contribution in [2.24, 2.45) is 0 Å². The van der Waals surface area contributed by atoms with E-state index in [4.69, 9.17) is 11.6 Å². The van der Waals surface area contributed by atoms with Crippen LogP contribution >= 0.6 is 11.6 Å². The van der Waals surface area contributed by atoms with E-state index in [9.17, 15) is 4.55 Å². The number of aromatic nitrogens is 4. The van der Waals surface area contributed by atoms with Crippen LogP contribution in [0.1, 0.15) is 39.5 Å². The highest BCUT2D eigenvalue weighted by atomic mass is 35.5. The average Bonchev–Trinajstić information content (AvgIpc) is 2.68. The van der Waals surface area contributed by atoms with E-state index in [1.54, 1.807) is 6.33 Å². The maximum Gasteiger partial charge on any atom is 0.225 e. The Morgan fingerprint density at radius 3 is 2.37 bits per heavy atom. The summed E-state index contributed by atoms with van der Waals surface area (Å²) in [6.07, 6.45) is 6.03. The van der Waals surface area contributed by atoms with Crippen LogP contribution in [0.2, 0.25) is 5.28 Å². The third kappa shape index (κ3) is 4.92. The van der Waals surface area contributed by atoms with E-state index in [2.05, 4.69) is 43.6 Å². The normalized spacial score (nSPS) is 15.5. The first-order chi connectivity index (χ1) is 13.1. The lowest BCUT2D eigenvalue weighted by atomic mass is 10.2. The molecule has 7 nitrogen and oxygen atoms in total. The van der Waals surface area contributed by atoms with Gasteiger partial charge in [0.05, 0.1) is 13.1 Å². The van der Waals surface area contributed by atoms with E-state index in [-0.39, 0.29) is 5.28 Å². The zero-order valence-corrected chi connectivity index (χ0v) is 17.6. The van der Waals surface area contributed by atoms with Gasteiger partial charge in [-0.1, -0.05) is 37.9 Å². The second kappa shape index (κ2) is 9.71. The Hall–Kier alpha value is -1.38. The van der Waals surface area contributed by atoms with Gasteiger partial charge in [0.2, 0.25) is 5.28 Å². The molecule has 1 fully saturated rings.